The Bertz CT molecular complexity index is 239. The van der Waals surface area contributed by atoms with Crippen LogP contribution in [0, 0.1) is 0 Å². The van der Waals surface area contributed by atoms with Gasteiger partial charge >= 0.3 is 5.97 Å². The lowest BCUT2D eigenvalue weighted by molar-refractivity contribution is -0.137. The molecule has 1 aliphatic rings. The smallest absolute Gasteiger partial charge is 0.304 e. The van der Waals surface area contributed by atoms with Gasteiger partial charge in [-0.15, -0.1) is 0 Å². The van der Waals surface area contributed by atoms with E-state index in [0.717, 1.165) is 6.54 Å². The fourth-order valence-corrected chi connectivity index (χ4v) is 2.60. The predicted octanol–water partition coefficient (Wildman–Crippen LogP) is 3.67. The molecule has 1 unspecified atom stereocenters. The van der Waals surface area contributed by atoms with E-state index in [1.165, 1.54) is 51.4 Å². The van der Waals surface area contributed by atoms with Crippen LogP contribution in [0.5, 0.6) is 0 Å². The molecular weight excluding hydrogens is 226 g/mol. The number of aliphatic carboxylic acids is 1. The molecule has 0 spiro atoms. The van der Waals surface area contributed by atoms with Gasteiger partial charge in [-0.05, 0) is 26.2 Å². The van der Waals surface area contributed by atoms with Crippen LogP contribution in [0.25, 0.3) is 0 Å². The Morgan fingerprint density at radius 3 is 2.50 bits per heavy atom. The van der Waals surface area contributed by atoms with E-state index in [1.54, 1.807) is 0 Å². The molecule has 0 aromatic carbocycles. The monoisotopic (exact) mass is 255 g/mol. The van der Waals surface area contributed by atoms with Crippen LogP contribution >= 0.6 is 0 Å². The largest absolute Gasteiger partial charge is 0.481 e. The molecule has 0 aliphatic heterocycles. The molecule has 1 N–H and O–H groups in total. The molecule has 1 fully saturated rings. The van der Waals surface area contributed by atoms with Crippen molar-refractivity contribution < 1.29 is 9.90 Å². The van der Waals surface area contributed by atoms with Gasteiger partial charge < -0.3 is 5.11 Å². The molecule has 0 heterocycles. The van der Waals surface area contributed by atoms with Gasteiger partial charge in [-0.25, -0.2) is 0 Å². The summed E-state index contributed by atoms with van der Waals surface area (Å²) >= 11 is 0. The average Bonchev–Trinajstić information content (AvgIpc) is 3.13. The average molecular weight is 255 g/mol. The van der Waals surface area contributed by atoms with Crippen molar-refractivity contribution in [2.45, 2.75) is 83.7 Å². The Labute approximate surface area is 112 Å². The van der Waals surface area contributed by atoms with Gasteiger partial charge in [0.15, 0.2) is 0 Å². The number of carbonyl (C=O) groups is 1. The highest BCUT2D eigenvalue weighted by Crippen LogP contribution is 2.30. The zero-order valence-electron chi connectivity index (χ0n) is 12.0. The van der Waals surface area contributed by atoms with Crippen LogP contribution in [0.3, 0.4) is 0 Å². The molecule has 3 nitrogen and oxygen atoms in total. The molecule has 0 aromatic heterocycles. The molecule has 0 radical (unpaired) electrons. The summed E-state index contributed by atoms with van der Waals surface area (Å²) in [7, 11) is 0. The molecule has 1 atom stereocenters. The van der Waals surface area contributed by atoms with Crippen molar-refractivity contribution >= 4 is 5.97 Å². The summed E-state index contributed by atoms with van der Waals surface area (Å²) in [6.45, 7) is 5.24. The number of rotatable bonds is 11. The van der Waals surface area contributed by atoms with Gasteiger partial charge in [-0.3, -0.25) is 9.69 Å². The third kappa shape index (κ3) is 6.39. The van der Waals surface area contributed by atoms with Gasteiger partial charge in [0.2, 0.25) is 0 Å². The lowest BCUT2D eigenvalue weighted by atomic mass is 10.1. The second kappa shape index (κ2) is 8.52. The lowest BCUT2D eigenvalue weighted by Gasteiger charge is -2.28. The van der Waals surface area contributed by atoms with Crippen molar-refractivity contribution in [3.8, 4) is 0 Å². The summed E-state index contributed by atoms with van der Waals surface area (Å²) in [6.07, 6.45) is 10.6. The quantitative estimate of drug-likeness (QED) is 0.573. The van der Waals surface area contributed by atoms with Crippen LogP contribution in [0.4, 0.5) is 0 Å². The van der Waals surface area contributed by atoms with E-state index in [-0.39, 0.29) is 6.42 Å². The Hall–Kier alpha value is -0.570. The van der Waals surface area contributed by atoms with Crippen LogP contribution in [0.2, 0.25) is 0 Å². The summed E-state index contributed by atoms with van der Waals surface area (Å²) < 4.78 is 0. The van der Waals surface area contributed by atoms with Crippen LogP contribution in [0.15, 0.2) is 0 Å². The molecular formula is C15H29NO2. The van der Waals surface area contributed by atoms with Crippen LogP contribution in [-0.2, 0) is 4.79 Å². The minimum atomic E-state index is -0.671. The fourth-order valence-electron chi connectivity index (χ4n) is 2.60. The summed E-state index contributed by atoms with van der Waals surface area (Å²) in [4.78, 5) is 13.1. The molecule has 0 bridgehead atoms. The van der Waals surface area contributed by atoms with E-state index in [4.69, 9.17) is 5.11 Å². The molecule has 1 aliphatic carbocycles. The van der Waals surface area contributed by atoms with Gasteiger partial charge in [0.1, 0.15) is 0 Å². The molecule has 0 saturated heterocycles. The molecule has 0 aromatic rings. The molecule has 0 amide bonds. The summed E-state index contributed by atoms with van der Waals surface area (Å²) in [5.41, 5.74) is 0. The zero-order valence-corrected chi connectivity index (χ0v) is 12.0. The van der Waals surface area contributed by atoms with Gasteiger partial charge in [-0.1, -0.05) is 39.0 Å². The first-order valence-electron chi connectivity index (χ1n) is 7.62. The molecule has 106 valence electrons. The Balaban J connectivity index is 2.18. The minimum absolute atomic E-state index is 0.288. The first-order chi connectivity index (χ1) is 8.65. The topological polar surface area (TPSA) is 40.5 Å². The van der Waals surface area contributed by atoms with Gasteiger partial charge in [0.25, 0.3) is 0 Å². The highest BCUT2D eigenvalue weighted by molar-refractivity contribution is 5.66. The van der Waals surface area contributed by atoms with Crippen molar-refractivity contribution in [1.82, 2.24) is 4.90 Å². The molecule has 1 saturated carbocycles. The highest BCUT2D eigenvalue weighted by atomic mass is 16.4. The van der Waals surface area contributed by atoms with Crippen LogP contribution in [0.1, 0.15) is 71.6 Å². The van der Waals surface area contributed by atoms with Gasteiger partial charge in [0.05, 0.1) is 6.42 Å². The Morgan fingerprint density at radius 1 is 1.28 bits per heavy atom. The fraction of sp³-hybridized carbons (Fsp3) is 0.933. The van der Waals surface area contributed by atoms with Crippen molar-refractivity contribution in [3.05, 3.63) is 0 Å². The van der Waals surface area contributed by atoms with Gasteiger partial charge in [-0.2, -0.15) is 0 Å². The van der Waals surface area contributed by atoms with E-state index < -0.39 is 5.97 Å². The second-order valence-corrected chi connectivity index (χ2v) is 5.66. The van der Waals surface area contributed by atoms with E-state index in [0.29, 0.717) is 12.1 Å². The Kier molecular flexibility index (Phi) is 7.33. The zero-order chi connectivity index (χ0) is 13.4. The number of carboxylic acids is 1. The first-order valence-corrected chi connectivity index (χ1v) is 7.62. The SMILES string of the molecule is CCCCCCCC(C)N(CCC(=O)O)C1CC1. The molecule has 18 heavy (non-hydrogen) atoms. The third-order valence-corrected chi connectivity index (χ3v) is 3.89. The van der Waals surface area contributed by atoms with Crippen molar-refractivity contribution in [2.24, 2.45) is 0 Å². The Morgan fingerprint density at radius 2 is 1.94 bits per heavy atom. The second-order valence-electron chi connectivity index (χ2n) is 5.66. The normalized spacial score (nSPS) is 17.1. The number of carboxylic acid groups (broad SMARTS) is 1. The highest BCUT2D eigenvalue weighted by Gasteiger charge is 2.31. The minimum Gasteiger partial charge on any atom is -0.481 e. The summed E-state index contributed by atoms with van der Waals surface area (Å²) in [5.74, 6) is -0.671. The van der Waals surface area contributed by atoms with Gasteiger partial charge in [0, 0.05) is 18.6 Å². The number of hydrogen-bond acceptors (Lipinski definition) is 2. The van der Waals surface area contributed by atoms with Crippen LogP contribution in [-0.4, -0.2) is 34.6 Å². The van der Waals surface area contributed by atoms with E-state index in [9.17, 15) is 4.79 Å². The third-order valence-electron chi connectivity index (χ3n) is 3.89. The number of nitrogens with zero attached hydrogens (tertiary/aromatic N) is 1. The summed E-state index contributed by atoms with van der Waals surface area (Å²) in [5, 5.41) is 8.79. The number of hydrogen-bond donors (Lipinski definition) is 1. The molecule has 1 rings (SSSR count). The molecule has 3 heteroatoms. The van der Waals surface area contributed by atoms with Crippen molar-refractivity contribution in [2.75, 3.05) is 6.54 Å². The van der Waals surface area contributed by atoms with Crippen molar-refractivity contribution in [1.29, 1.82) is 0 Å². The lowest BCUT2D eigenvalue weighted by Crippen LogP contribution is -2.36. The first kappa shape index (κ1) is 15.5. The summed E-state index contributed by atoms with van der Waals surface area (Å²) in [6, 6.07) is 1.23. The van der Waals surface area contributed by atoms with E-state index >= 15 is 0 Å². The van der Waals surface area contributed by atoms with Crippen molar-refractivity contribution in [3.63, 3.8) is 0 Å². The maximum atomic E-state index is 10.7. The van der Waals surface area contributed by atoms with E-state index in [1.807, 2.05) is 0 Å². The van der Waals surface area contributed by atoms with Crippen LogP contribution < -0.4 is 0 Å². The standard InChI is InChI=1S/C15H29NO2/c1-3-4-5-6-7-8-13(2)16(14-9-10-14)12-11-15(17)18/h13-14H,3-12H2,1-2H3,(H,17,18). The number of unbranched alkanes of at least 4 members (excludes halogenated alkanes) is 4. The maximum absolute atomic E-state index is 10.7. The maximum Gasteiger partial charge on any atom is 0.304 e. The predicted molar refractivity (Wildman–Crippen MR) is 74.8 cm³/mol. The van der Waals surface area contributed by atoms with E-state index in [2.05, 4.69) is 18.7 Å².